The molecule has 0 amide bonds. The van der Waals surface area contributed by atoms with Crippen LogP contribution in [0.25, 0.3) is 0 Å². The minimum absolute atomic E-state index is 0.451. The summed E-state index contributed by atoms with van der Waals surface area (Å²) in [4.78, 5) is 0. The average Bonchev–Trinajstić information content (AvgIpc) is 2.78. The summed E-state index contributed by atoms with van der Waals surface area (Å²) in [7, 11) is 1.58. The second-order valence-electron chi connectivity index (χ2n) is 7.68. The predicted octanol–water partition coefficient (Wildman–Crippen LogP) is 2.16. The fraction of sp³-hybridized carbons (Fsp3) is 0.478. The van der Waals surface area contributed by atoms with Gasteiger partial charge in [0.25, 0.3) is 0 Å². The highest BCUT2D eigenvalue weighted by Crippen LogP contribution is 2.41. The zero-order valence-corrected chi connectivity index (χ0v) is 18.5. The van der Waals surface area contributed by atoms with E-state index in [0.29, 0.717) is 22.8 Å². The zero-order valence-electron chi connectivity index (χ0n) is 17.7. The summed E-state index contributed by atoms with van der Waals surface area (Å²) in [5, 5.41) is 40.6. The van der Waals surface area contributed by atoms with E-state index in [2.05, 4.69) is 0 Å². The van der Waals surface area contributed by atoms with Gasteiger partial charge in [0.15, 0.2) is 0 Å². The number of ether oxygens (including phenoxy) is 3. The van der Waals surface area contributed by atoms with Crippen LogP contribution in [0.1, 0.15) is 36.6 Å². The van der Waals surface area contributed by atoms with Crippen molar-refractivity contribution in [2.24, 2.45) is 0 Å². The molecule has 3 rings (SSSR count). The molecule has 8 heteroatoms. The molecule has 0 saturated carbocycles. The largest absolute Gasteiger partial charge is 0.494 e. The summed E-state index contributed by atoms with van der Waals surface area (Å²) in [5.41, 5.74) is 1.08. The second kappa shape index (κ2) is 9.83. The summed E-state index contributed by atoms with van der Waals surface area (Å²) in [6.07, 6.45) is -6.23. The van der Waals surface area contributed by atoms with Gasteiger partial charge in [-0.05, 0) is 49.2 Å². The van der Waals surface area contributed by atoms with E-state index >= 15 is 0 Å². The molecule has 0 aromatic heterocycles. The van der Waals surface area contributed by atoms with Crippen molar-refractivity contribution in [2.45, 2.75) is 50.0 Å². The van der Waals surface area contributed by atoms with E-state index in [1.54, 1.807) is 25.3 Å². The third-order valence-electron chi connectivity index (χ3n) is 5.85. The maximum Gasteiger partial charge on any atom is 0.119 e. The third kappa shape index (κ3) is 4.59. The molecule has 0 radical (unpaired) electrons. The third-order valence-corrected chi connectivity index (χ3v) is 6.18. The van der Waals surface area contributed by atoms with Crippen LogP contribution >= 0.6 is 11.6 Å². The van der Waals surface area contributed by atoms with Gasteiger partial charge in [0, 0.05) is 17.7 Å². The first-order valence-electron chi connectivity index (χ1n) is 10.2. The van der Waals surface area contributed by atoms with Crippen molar-refractivity contribution in [1.29, 1.82) is 0 Å². The lowest BCUT2D eigenvalue weighted by molar-refractivity contribution is -0.231. The first-order chi connectivity index (χ1) is 14.8. The second-order valence-corrected chi connectivity index (χ2v) is 8.09. The molecule has 2 aromatic rings. The Bertz CT molecular complexity index is 873. The quantitative estimate of drug-likeness (QED) is 0.509. The van der Waals surface area contributed by atoms with Gasteiger partial charge in [-0.15, -0.1) is 0 Å². The van der Waals surface area contributed by atoms with E-state index in [4.69, 9.17) is 25.8 Å². The molecule has 1 fully saturated rings. The van der Waals surface area contributed by atoms with Crippen LogP contribution in [0.5, 0.6) is 5.75 Å². The highest BCUT2D eigenvalue weighted by molar-refractivity contribution is 6.31. The number of aliphatic hydroxyl groups is 4. The van der Waals surface area contributed by atoms with Gasteiger partial charge in [0.1, 0.15) is 41.9 Å². The standard InChI is InChI=1S/C23H29ClO7/c1-4-30-15-8-6-14(7-9-15)23(2,29-3)16-11-13(5-10-17(16)24)22-21(28)20(27)19(26)18(12-25)31-22/h5-11,18-22,25-28H,4,12H2,1-3H3/t18-,19-,20+,21-,22+,23?/m1/s1. The first kappa shape index (κ1) is 23.9. The average molecular weight is 453 g/mol. The number of rotatable bonds is 7. The van der Waals surface area contributed by atoms with Crippen LogP contribution < -0.4 is 4.74 Å². The van der Waals surface area contributed by atoms with Crippen LogP contribution in [0.15, 0.2) is 42.5 Å². The lowest BCUT2D eigenvalue weighted by Crippen LogP contribution is -2.55. The minimum Gasteiger partial charge on any atom is -0.494 e. The molecule has 6 atom stereocenters. The Kier molecular flexibility index (Phi) is 7.59. The first-order valence-corrected chi connectivity index (χ1v) is 10.5. The van der Waals surface area contributed by atoms with Gasteiger partial charge in [0.05, 0.1) is 13.2 Å². The molecular formula is C23H29ClO7. The van der Waals surface area contributed by atoms with E-state index in [0.717, 1.165) is 11.3 Å². The molecule has 1 saturated heterocycles. The monoisotopic (exact) mass is 452 g/mol. The van der Waals surface area contributed by atoms with E-state index < -0.39 is 42.7 Å². The Hall–Kier alpha value is -1.71. The Morgan fingerprint density at radius 1 is 1.03 bits per heavy atom. The highest BCUT2D eigenvalue weighted by Gasteiger charge is 2.44. The van der Waals surface area contributed by atoms with Crippen molar-refractivity contribution in [3.63, 3.8) is 0 Å². The predicted molar refractivity (Wildman–Crippen MR) is 115 cm³/mol. The summed E-state index contributed by atoms with van der Waals surface area (Å²) in [5.74, 6) is 0.742. The number of aliphatic hydroxyl groups excluding tert-OH is 4. The highest BCUT2D eigenvalue weighted by atomic mass is 35.5. The van der Waals surface area contributed by atoms with Gasteiger partial charge in [-0.2, -0.15) is 0 Å². The number of benzene rings is 2. The topological polar surface area (TPSA) is 109 Å². The van der Waals surface area contributed by atoms with Crippen LogP contribution in [0.4, 0.5) is 0 Å². The van der Waals surface area contributed by atoms with Crippen LogP contribution in [-0.4, -0.2) is 65.2 Å². The van der Waals surface area contributed by atoms with Crippen molar-refractivity contribution in [3.8, 4) is 5.75 Å². The lowest BCUT2D eigenvalue weighted by atomic mass is 9.84. The van der Waals surface area contributed by atoms with Gasteiger partial charge < -0.3 is 34.6 Å². The van der Waals surface area contributed by atoms with Crippen LogP contribution in [0.2, 0.25) is 5.02 Å². The molecule has 2 aromatic carbocycles. The van der Waals surface area contributed by atoms with Crippen molar-refractivity contribution >= 4 is 11.6 Å². The molecule has 1 heterocycles. The summed E-state index contributed by atoms with van der Waals surface area (Å²) in [6, 6.07) is 12.6. The van der Waals surface area contributed by atoms with Gasteiger partial charge in [-0.1, -0.05) is 29.8 Å². The van der Waals surface area contributed by atoms with E-state index in [1.165, 1.54) is 0 Å². The summed E-state index contributed by atoms with van der Waals surface area (Å²) in [6.45, 7) is 3.86. The van der Waals surface area contributed by atoms with Crippen molar-refractivity contribution < 1.29 is 34.6 Å². The van der Waals surface area contributed by atoms with Crippen molar-refractivity contribution in [3.05, 3.63) is 64.2 Å². The smallest absolute Gasteiger partial charge is 0.119 e. The molecule has 0 bridgehead atoms. The zero-order chi connectivity index (χ0) is 22.8. The molecule has 0 spiro atoms. The number of methoxy groups -OCH3 is 1. The van der Waals surface area contributed by atoms with Crippen molar-refractivity contribution in [2.75, 3.05) is 20.3 Å². The van der Waals surface area contributed by atoms with Crippen molar-refractivity contribution in [1.82, 2.24) is 0 Å². The number of hydrogen-bond acceptors (Lipinski definition) is 7. The number of hydrogen-bond donors (Lipinski definition) is 4. The molecule has 4 N–H and O–H groups in total. The van der Waals surface area contributed by atoms with Crippen LogP contribution in [0.3, 0.4) is 0 Å². The number of halogens is 1. The maximum atomic E-state index is 10.5. The Morgan fingerprint density at radius 3 is 2.29 bits per heavy atom. The molecule has 0 aliphatic carbocycles. The van der Waals surface area contributed by atoms with Gasteiger partial charge >= 0.3 is 0 Å². The fourth-order valence-corrected chi connectivity index (χ4v) is 4.18. The van der Waals surface area contributed by atoms with Crippen LogP contribution in [0, 0.1) is 0 Å². The summed E-state index contributed by atoms with van der Waals surface area (Å²) >= 11 is 6.54. The molecule has 1 aliphatic rings. The SMILES string of the molecule is CCOc1ccc(C(C)(OC)c2cc([C@@H]3O[C@H](CO)[C@@H](O)[C@H](O)[C@H]3O)ccc2Cl)cc1. The molecule has 170 valence electrons. The normalized spacial score (nSPS) is 28.2. The maximum absolute atomic E-state index is 10.5. The molecular weight excluding hydrogens is 424 g/mol. The van der Waals surface area contributed by atoms with Gasteiger partial charge in [0.2, 0.25) is 0 Å². The van der Waals surface area contributed by atoms with E-state index in [1.807, 2.05) is 38.1 Å². The van der Waals surface area contributed by atoms with Gasteiger partial charge in [-0.25, -0.2) is 0 Å². The molecule has 7 nitrogen and oxygen atoms in total. The molecule has 31 heavy (non-hydrogen) atoms. The lowest BCUT2D eigenvalue weighted by Gasteiger charge is -2.40. The van der Waals surface area contributed by atoms with E-state index in [-0.39, 0.29) is 0 Å². The Morgan fingerprint density at radius 2 is 1.71 bits per heavy atom. The molecule has 1 unspecified atom stereocenters. The Balaban J connectivity index is 2.00. The Labute approximate surface area is 186 Å². The van der Waals surface area contributed by atoms with E-state index in [9.17, 15) is 20.4 Å². The molecule has 1 aliphatic heterocycles. The van der Waals surface area contributed by atoms with Gasteiger partial charge in [-0.3, -0.25) is 0 Å². The summed E-state index contributed by atoms with van der Waals surface area (Å²) < 4.78 is 17.1. The minimum atomic E-state index is -1.46. The fourth-order valence-electron chi connectivity index (χ4n) is 3.88. The van der Waals surface area contributed by atoms with Crippen LogP contribution in [-0.2, 0) is 15.1 Å².